The number of aliphatic imine (C=N–C) groups is 1. The quantitative estimate of drug-likeness (QED) is 0.211. The second-order valence-electron chi connectivity index (χ2n) is 7.17. The van der Waals surface area contributed by atoms with Crippen molar-refractivity contribution in [3.05, 3.63) is 23.9 Å². The van der Waals surface area contributed by atoms with Gasteiger partial charge in [-0.25, -0.2) is 4.98 Å². The summed E-state index contributed by atoms with van der Waals surface area (Å²) in [7, 11) is 0. The number of nitrogens with zero attached hydrogens (tertiary/aromatic N) is 2. The Hall–Kier alpha value is -1.42. The second kappa shape index (κ2) is 15.5. The van der Waals surface area contributed by atoms with Gasteiger partial charge in [0.1, 0.15) is 5.82 Å². The van der Waals surface area contributed by atoms with E-state index in [0.29, 0.717) is 43.1 Å². The predicted octanol–water partition coefficient (Wildman–Crippen LogP) is 2.94. The fourth-order valence-electron chi connectivity index (χ4n) is 2.74. The summed E-state index contributed by atoms with van der Waals surface area (Å²) >= 11 is 0. The Labute approximate surface area is 186 Å². The van der Waals surface area contributed by atoms with Crippen molar-refractivity contribution >= 4 is 41.7 Å². The highest BCUT2D eigenvalue weighted by molar-refractivity contribution is 14.0. The molecule has 1 unspecified atom stereocenters. The third-order valence-corrected chi connectivity index (χ3v) is 4.02. The van der Waals surface area contributed by atoms with Crippen LogP contribution in [-0.4, -0.2) is 48.2 Å². The number of halogens is 1. The molecule has 7 nitrogen and oxygen atoms in total. The van der Waals surface area contributed by atoms with Gasteiger partial charge in [0, 0.05) is 38.9 Å². The average molecular weight is 505 g/mol. The lowest BCUT2D eigenvalue weighted by molar-refractivity contribution is -0.116. The number of rotatable bonds is 11. The van der Waals surface area contributed by atoms with Gasteiger partial charge in [-0.1, -0.05) is 19.9 Å². The smallest absolute Gasteiger partial charge is 0.227 e. The van der Waals surface area contributed by atoms with Crippen LogP contribution in [0.4, 0.5) is 5.82 Å². The molecule has 160 valence electrons. The number of aliphatic hydroxyl groups is 1. The predicted molar refractivity (Wildman–Crippen MR) is 126 cm³/mol. The molecular formula is C20H36IN5O2. The molecule has 0 bridgehead atoms. The highest BCUT2D eigenvalue weighted by Crippen LogP contribution is 2.15. The normalized spacial score (nSPS) is 12.3. The van der Waals surface area contributed by atoms with Crippen LogP contribution in [0.3, 0.4) is 0 Å². The molecule has 0 aliphatic rings. The summed E-state index contributed by atoms with van der Waals surface area (Å²) in [6.45, 7) is 10.4. The van der Waals surface area contributed by atoms with Gasteiger partial charge in [0.15, 0.2) is 5.96 Å². The van der Waals surface area contributed by atoms with E-state index in [-0.39, 0.29) is 36.5 Å². The number of aliphatic hydroxyl groups excluding tert-OH is 1. The molecule has 0 radical (unpaired) electrons. The first-order valence-corrected chi connectivity index (χ1v) is 9.80. The van der Waals surface area contributed by atoms with Crippen LogP contribution in [0.25, 0.3) is 0 Å². The van der Waals surface area contributed by atoms with Crippen molar-refractivity contribution in [1.29, 1.82) is 0 Å². The van der Waals surface area contributed by atoms with Gasteiger partial charge in [0.05, 0.1) is 0 Å². The number of carbonyl (C=O) groups excluding carboxylic acids is 1. The van der Waals surface area contributed by atoms with Crippen molar-refractivity contribution in [2.24, 2.45) is 16.8 Å². The van der Waals surface area contributed by atoms with Crippen LogP contribution < -0.4 is 16.0 Å². The van der Waals surface area contributed by atoms with E-state index in [2.05, 4.69) is 39.8 Å². The molecule has 0 aliphatic heterocycles. The van der Waals surface area contributed by atoms with Crippen molar-refractivity contribution in [2.75, 3.05) is 31.6 Å². The maximum absolute atomic E-state index is 12.0. The van der Waals surface area contributed by atoms with Gasteiger partial charge in [-0.3, -0.25) is 9.79 Å². The lowest BCUT2D eigenvalue weighted by Crippen LogP contribution is -2.39. The van der Waals surface area contributed by atoms with E-state index in [9.17, 15) is 9.90 Å². The van der Waals surface area contributed by atoms with Crippen LogP contribution >= 0.6 is 24.0 Å². The molecule has 0 saturated carbocycles. The molecule has 1 atom stereocenters. The summed E-state index contributed by atoms with van der Waals surface area (Å²) in [6, 6.07) is 3.71. The molecule has 0 fully saturated rings. The van der Waals surface area contributed by atoms with Gasteiger partial charge >= 0.3 is 0 Å². The zero-order chi connectivity index (χ0) is 20.1. The Morgan fingerprint density at radius 2 is 2.04 bits per heavy atom. The summed E-state index contributed by atoms with van der Waals surface area (Å²) in [5.41, 5.74) is 1.05. The Balaban J connectivity index is 0.00000729. The van der Waals surface area contributed by atoms with E-state index >= 15 is 0 Å². The third kappa shape index (κ3) is 12.1. The number of hydrogen-bond acceptors (Lipinski definition) is 4. The largest absolute Gasteiger partial charge is 0.396 e. The fraction of sp³-hybridized carbons (Fsp3) is 0.650. The highest BCUT2D eigenvalue weighted by Gasteiger charge is 2.11. The topological polar surface area (TPSA) is 98.6 Å². The number of guanidine groups is 1. The molecule has 1 heterocycles. The van der Waals surface area contributed by atoms with E-state index in [1.165, 1.54) is 0 Å². The summed E-state index contributed by atoms with van der Waals surface area (Å²) in [5, 5.41) is 18.4. The van der Waals surface area contributed by atoms with Crippen molar-refractivity contribution in [3.63, 3.8) is 0 Å². The third-order valence-electron chi connectivity index (χ3n) is 4.02. The maximum atomic E-state index is 12.0. The SMILES string of the molecule is CCNC(=NCC(CCO)CC(C)C)NCCC(=O)Nc1ccc(C)cn1.I. The molecule has 0 spiro atoms. The number of amides is 1. The molecule has 1 amide bonds. The van der Waals surface area contributed by atoms with Gasteiger partial charge in [-0.05, 0) is 50.2 Å². The first-order chi connectivity index (χ1) is 12.9. The highest BCUT2D eigenvalue weighted by atomic mass is 127. The molecule has 1 aromatic heterocycles. The van der Waals surface area contributed by atoms with Gasteiger partial charge in [-0.2, -0.15) is 0 Å². The van der Waals surface area contributed by atoms with Gasteiger partial charge in [0.2, 0.25) is 5.91 Å². The summed E-state index contributed by atoms with van der Waals surface area (Å²) in [6.07, 6.45) is 3.85. The van der Waals surface area contributed by atoms with Gasteiger partial charge < -0.3 is 21.1 Å². The number of carbonyl (C=O) groups is 1. The zero-order valence-corrected chi connectivity index (χ0v) is 19.8. The van der Waals surface area contributed by atoms with Gasteiger partial charge in [-0.15, -0.1) is 24.0 Å². The van der Waals surface area contributed by atoms with Crippen molar-refractivity contribution in [1.82, 2.24) is 15.6 Å². The van der Waals surface area contributed by atoms with Crippen LogP contribution in [-0.2, 0) is 4.79 Å². The minimum Gasteiger partial charge on any atom is -0.396 e. The van der Waals surface area contributed by atoms with Crippen molar-refractivity contribution in [2.45, 2.75) is 47.0 Å². The zero-order valence-electron chi connectivity index (χ0n) is 17.5. The Morgan fingerprint density at radius 1 is 1.29 bits per heavy atom. The fourth-order valence-corrected chi connectivity index (χ4v) is 2.74. The first kappa shape index (κ1) is 26.6. The standard InChI is InChI=1S/C20H35N5O2.HI/c1-5-21-20(24-14-17(9-11-26)12-15(2)3)22-10-8-19(27)25-18-7-6-16(4)13-23-18;/h6-7,13,15,17,26H,5,8-12,14H2,1-4H3,(H2,21,22,24)(H,23,25,27);1H. The maximum Gasteiger partial charge on any atom is 0.227 e. The Bertz CT molecular complexity index is 578. The van der Waals surface area contributed by atoms with Crippen molar-refractivity contribution in [3.8, 4) is 0 Å². The number of nitrogens with one attached hydrogen (secondary N) is 3. The number of pyridine rings is 1. The van der Waals surface area contributed by atoms with Gasteiger partial charge in [0.25, 0.3) is 0 Å². The molecule has 0 saturated heterocycles. The average Bonchev–Trinajstić information content (AvgIpc) is 2.61. The molecule has 8 heteroatoms. The summed E-state index contributed by atoms with van der Waals surface area (Å²) < 4.78 is 0. The number of aryl methyl sites for hydroxylation is 1. The van der Waals surface area contributed by atoms with Crippen LogP contribution in [0.15, 0.2) is 23.3 Å². The second-order valence-corrected chi connectivity index (χ2v) is 7.17. The minimum atomic E-state index is -0.0901. The molecule has 4 N–H and O–H groups in total. The monoisotopic (exact) mass is 505 g/mol. The molecule has 0 aliphatic carbocycles. The molecule has 0 aromatic carbocycles. The van der Waals surface area contributed by atoms with Crippen LogP contribution in [0.2, 0.25) is 0 Å². The first-order valence-electron chi connectivity index (χ1n) is 9.80. The van der Waals surface area contributed by atoms with E-state index in [1.807, 2.05) is 19.9 Å². The Morgan fingerprint density at radius 3 is 2.61 bits per heavy atom. The number of anilines is 1. The molecule has 1 aromatic rings. The molecule has 1 rings (SSSR count). The lowest BCUT2D eigenvalue weighted by atomic mass is 9.94. The van der Waals surface area contributed by atoms with Crippen LogP contribution in [0, 0.1) is 18.8 Å². The van der Waals surface area contributed by atoms with E-state index in [0.717, 1.165) is 24.9 Å². The summed E-state index contributed by atoms with van der Waals surface area (Å²) in [5.74, 6) is 2.11. The van der Waals surface area contributed by atoms with E-state index in [4.69, 9.17) is 0 Å². The lowest BCUT2D eigenvalue weighted by Gasteiger charge is -2.17. The number of hydrogen-bond donors (Lipinski definition) is 4. The van der Waals surface area contributed by atoms with Crippen LogP contribution in [0.1, 0.15) is 45.6 Å². The van der Waals surface area contributed by atoms with Crippen molar-refractivity contribution < 1.29 is 9.90 Å². The minimum absolute atomic E-state index is 0. The Kier molecular flexibility index (Phi) is 14.7. The number of aromatic nitrogens is 1. The van der Waals surface area contributed by atoms with E-state index < -0.39 is 0 Å². The van der Waals surface area contributed by atoms with Crippen LogP contribution in [0.5, 0.6) is 0 Å². The molecule has 28 heavy (non-hydrogen) atoms. The molecular weight excluding hydrogens is 469 g/mol. The summed E-state index contributed by atoms with van der Waals surface area (Å²) in [4.78, 5) is 20.8. The van der Waals surface area contributed by atoms with E-state index in [1.54, 1.807) is 12.3 Å².